The van der Waals surface area contributed by atoms with E-state index >= 15 is 0 Å². The molecule has 0 aliphatic heterocycles. The van der Waals surface area contributed by atoms with Crippen molar-refractivity contribution in [2.45, 2.75) is 6.54 Å². The minimum atomic E-state index is -0.551. The molecule has 0 saturated heterocycles. The summed E-state index contributed by atoms with van der Waals surface area (Å²) in [5, 5.41) is 7.20. The number of amides is 1. The Morgan fingerprint density at radius 3 is 3.00 bits per heavy atom. The Labute approximate surface area is 97.7 Å². The minimum Gasteiger partial charge on any atom is -0.378 e. The van der Waals surface area contributed by atoms with E-state index in [-0.39, 0.29) is 5.69 Å². The zero-order valence-electron chi connectivity index (χ0n) is 9.29. The van der Waals surface area contributed by atoms with Gasteiger partial charge in [0.1, 0.15) is 12.0 Å². The van der Waals surface area contributed by atoms with Gasteiger partial charge in [0.2, 0.25) is 0 Å². The van der Waals surface area contributed by atoms with Crippen molar-refractivity contribution >= 4 is 11.6 Å². The number of pyridine rings is 1. The maximum atomic E-state index is 10.9. The maximum Gasteiger partial charge on any atom is 0.267 e. The predicted molar refractivity (Wildman–Crippen MR) is 61.1 cm³/mol. The van der Waals surface area contributed by atoms with Gasteiger partial charge in [-0.2, -0.15) is 5.10 Å². The first-order valence-corrected chi connectivity index (χ1v) is 4.99. The molecule has 17 heavy (non-hydrogen) atoms. The van der Waals surface area contributed by atoms with E-state index in [1.54, 1.807) is 30.2 Å². The lowest BCUT2D eigenvalue weighted by molar-refractivity contribution is 0.0995. The van der Waals surface area contributed by atoms with Crippen LogP contribution in [-0.2, 0) is 13.6 Å². The number of rotatable bonds is 4. The van der Waals surface area contributed by atoms with Gasteiger partial charge in [0.25, 0.3) is 5.91 Å². The molecule has 2 aromatic rings. The molecule has 2 heterocycles. The first-order chi connectivity index (χ1) is 8.15. The molecule has 0 aliphatic carbocycles. The van der Waals surface area contributed by atoms with Crippen LogP contribution in [0, 0.1) is 0 Å². The van der Waals surface area contributed by atoms with Crippen molar-refractivity contribution in [3.8, 4) is 0 Å². The summed E-state index contributed by atoms with van der Waals surface area (Å²) >= 11 is 0. The van der Waals surface area contributed by atoms with Crippen LogP contribution in [0.15, 0.2) is 24.7 Å². The standard InChI is InChI=1S/C10H12N6O/c1-16-6-14-9(15-16)5-13-7-2-3-12-8(4-7)10(11)17/h2-4,6H,5H2,1H3,(H2,11,17)(H,12,13). The molecular weight excluding hydrogens is 220 g/mol. The fourth-order valence-corrected chi connectivity index (χ4v) is 1.32. The highest BCUT2D eigenvalue weighted by Gasteiger charge is 2.03. The first kappa shape index (κ1) is 11.1. The molecule has 0 bridgehead atoms. The summed E-state index contributed by atoms with van der Waals surface area (Å²) in [6, 6.07) is 3.33. The summed E-state index contributed by atoms with van der Waals surface area (Å²) in [6.45, 7) is 0.475. The molecule has 0 fully saturated rings. The molecule has 2 aromatic heterocycles. The van der Waals surface area contributed by atoms with Crippen molar-refractivity contribution in [3.63, 3.8) is 0 Å². The molecule has 0 saturated carbocycles. The predicted octanol–water partition coefficient (Wildman–Crippen LogP) is -0.0789. The number of primary amides is 1. The van der Waals surface area contributed by atoms with Crippen LogP contribution in [0.2, 0.25) is 0 Å². The Morgan fingerprint density at radius 2 is 2.35 bits per heavy atom. The average molecular weight is 232 g/mol. The number of aromatic nitrogens is 4. The Morgan fingerprint density at radius 1 is 1.53 bits per heavy atom. The lowest BCUT2D eigenvalue weighted by Crippen LogP contribution is -2.13. The third-order valence-electron chi connectivity index (χ3n) is 2.11. The maximum absolute atomic E-state index is 10.9. The molecule has 0 aromatic carbocycles. The van der Waals surface area contributed by atoms with Crippen molar-refractivity contribution in [1.29, 1.82) is 0 Å². The molecule has 0 unspecified atom stereocenters. The smallest absolute Gasteiger partial charge is 0.267 e. The van der Waals surface area contributed by atoms with Gasteiger partial charge in [-0.05, 0) is 12.1 Å². The zero-order chi connectivity index (χ0) is 12.3. The van der Waals surface area contributed by atoms with Crippen LogP contribution < -0.4 is 11.1 Å². The molecule has 2 rings (SSSR count). The molecule has 3 N–H and O–H groups in total. The molecule has 88 valence electrons. The monoisotopic (exact) mass is 232 g/mol. The Kier molecular flexibility index (Phi) is 2.99. The molecule has 0 radical (unpaired) electrons. The fraction of sp³-hybridized carbons (Fsp3) is 0.200. The van der Waals surface area contributed by atoms with E-state index in [1.807, 2.05) is 0 Å². The van der Waals surface area contributed by atoms with Crippen LogP contribution in [0.4, 0.5) is 5.69 Å². The van der Waals surface area contributed by atoms with Crippen LogP contribution >= 0.6 is 0 Å². The summed E-state index contributed by atoms with van der Waals surface area (Å²) in [7, 11) is 1.80. The van der Waals surface area contributed by atoms with Gasteiger partial charge >= 0.3 is 0 Å². The number of nitrogens with one attached hydrogen (secondary N) is 1. The van der Waals surface area contributed by atoms with Crippen molar-refractivity contribution in [2.75, 3.05) is 5.32 Å². The Balaban J connectivity index is 2.04. The second-order valence-corrected chi connectivity index (χ2v) is 3.48. The number of nitrogens with zero attached hydrogens (tertiary/aromatic N) is 4. The number of nitrogens with two attached hydrogens (primary N) is 1. The molecule has 7 heteroatoms. The zero-order valence-corrected chi connectivity index (χ0v) is 9.29. The van der Waals surface area contributed by atoms with Crippen molar-refractivity contribution in [3.05, 3.63) is 36.2 Å². The van der Waals surface area contributed by atoms with Crippen molar-refractivity contribution in [1.82, 2.24) is 19.7 Å². The number of hydrogen-bond donors (Lipinski definition) is 2. The third kappa shape index (κ3) is 2.77. The Bertz CT molecular complexity index is 535. The van der Waals surface area contributed by atoms with Crippen LogP contribution in [-0.4, -0.2) is 25.7 Å². The van der Waals surface area contributed by atoms with Gasteiger partial charge in [-0.3, -0.25) is 14.5 Å². The van der Waals surface area contributed by atoms with Gasteiger partial charge in [0, 0.05) is 18.9 Å². The van der Waals surface area contributed by atoms with Crippen LogP contribution in [0.25, 0.3) is 0 Å². The van der Waals surface area contributed by atoms with Gasteiger partial charge in [-0.25, -0.2) is 4.98 Å². The van der Waals surface area contributed by atoms with Crippen LogP contribution in [0.5, 0.6) is 0 Å². The summed E-state index contributed by atoms with van der Waals surface area (Å²) in [6.07, 6.45) is 3.15. The van der Waals surface area contributed by atoms with E-state index in [4.69, 9.17) is 5.73 Å². The number of carbonyl (C=O) groups is 1. The topological polar surface area (TPSA) is 98.7 Å². The number of hydrogen-bond acceptors (Lipinski definition) is 5. The van der Waals surface area contributed by atoms with Gasteiger partial charge in [0.05, 0.1) is 6.54 Å². The van der Waals surface area contributed by atoms with Gasteiger partial charge in [-0.15, -0.1) is 0 Å². The summed E-state index contributed by atoms with van der Waals surface area (Å²) < 4.78 is 1.62. The fourth-order valence-electron chi connectivity index (χ4n) is 1.32. The summed E-state index contributed by atoms with van der Waals surface area (Å²) in [5.41, 5.74) is 6.11. The Hall–Kier alpha value is -2.44. The normalized spacial score (nSPS) is 10.2. The SMILES string of the molecule is Cn1cnc(CNc2ccnc(C(N)=O)c2)n1. The largest absolute Gasteiger partial charge is 0.378 e. The van der Waals surface area contributed by atoms with Crippen molar-refractivity contribution in [2.24, 2.45) is 12.8 Å². The number of carbonyl (C=O) groups excluding carboxylic acids is 1. The lowest BCUT2D eigenvalue weighted by atomic mass is 10.3. The number of anilines is 1. The molecule has 0 atom stereocenters. The van der Waals surface area contributed by atoms with E-state index in [1.165, 1.54) is 6.20 Å². The van der Waals surface area contributed by atoms with E-state index in [2.05, 4.69) is 20.4 Å². The average Bonchev–Trinajstić information content (AvgIpc) is 2.73. The van der Waals surface area contributed by atoms with Crippen LogP contribution in [0.3, 0.4) is 0 Å². The molecule has 7 nitrogen and oxygen atoms in total. The first-order valence-electron chi connectivity index (χ1n) is 4.99. The van der Waals surface area contributed by atoms with E-state index in [9.17, 15) is 4.79 Å². The molecule has 0 spiro atoms. The molecule has 1 amide bonds. The van der Waals surface area contributed by atoms with E-state index < -0.39 is 5.91 Å². The van der Waals surface area contributed by atoms with Gasteiger partial charge in [0.15, 0.2) is 5.82 Å². The lowest BCUT2D eigenvalue weighted by Gasteiger charge is -2.04. The van der Waals surface area contributed by atoms with Gasteiger partial charge < -0.3 is 11.1 Å². The summed E-state index contributed by atoms with van der Waals surface area (Å²) in [4.78, 5) is 18.9. The summed E-state index contributed by atoms with van der Waals surface area (Å²) in [5.74, 6) is 0.120. The third-order valence-corrected chi connectivity index (χ3v) is 2.11. The van der Waals surface area contributed by atoms with Crippen LogP contribution in [0.1, 0.15) is 16.3 Å². The minimum absolute atomic E-state index is 0.226. The highest BCUT2D eigenvalue weighted by Crippen LogP contribution is 2.08. The van der Waals surface area contributed by atoms with E-state index in [0.29, 0.717) is 12.4 Å². The second kappa shape index (κ2) is 4.60. The highest BCUT2D eigenvalue weighted by atomic mass is 16.1. The highest BCUT2D eigenvalue weighted by molar-refractivity contribution is 5.91. The molecule has 0 aliphatic rings. The number of aryl methyl sites for hydroxylation is 1. The second-order valence-electron chi connectivity index (χ2n) is 3.48. The van der Waals surface area contributed by atoms with E-state index in [0.717, 1.165) is 5.69 Å². The quantitative estimate of drug-likeness (QED) is 0.768. The van der Waals surface area contributed by atoms with Gasteiger partial charge in [-0.1, -0.05) is 0 Å². The molecular formula is C10H12N6O. The van der Waals surface area contributed by atoms with Crippen molar-refractivity contribution < 1.29 is 4.79 Å².